The highest BCUT2D eigenvalue weighted by molar-refractivity contribution is 5.98. The molecule has 342 valence electrons. The van der Waals surface area contributed by atoms with Gasteiger partial charge < -0.3 is 42.9 Å². The number of aryl methyl sites for hydroxylation is 3. The third-order valence-electron chi connectivity index (χ3n) is 12.8. The molecular weight excluding hydrogens is 825 g/mol. The van der Waals surface area contributed by atoms with Crippen LogP contribution in [0.15, 0.2) is 89.8 Å². The number of fused-ring (bicyclic) bond motifs is 2. The largest absolute Gasteiger partial charge is 0.497 e. The van der Waals surface area contributed by atoms with Gasteiger partial charge in [0.05, 0.1) is 36.6 Å². The quantitative estimate of drug-likeness (QED) is 0.0541. The van der Waals surface area contributed by atoms with Gasteiger partial charge in [0.2, 0.25) is 0 Å². The molecule has 6 aromatic rings. The van der Waals surface area contributed by atoms with Gasteiger partial charge in [-0.15, -0.1) is 0 Å². The summed E-state index contributed by atoms with van der Waals surface area (Å²) in [5, 5.41) is 13.3. The van der Waals surface area contributed by atoms with Gasteiger partial charge in [-0.3, -0.25) is 4.99 Å². The van der Waals surface area contributed by atoms with E-state index in [1.807, 2.05) is 77.9 Å². The molecule has 0 amide bonds. The van der Waals surface area contributed by atoms with Crippen LogP contribution in [0, 0.1) is 39.5 Å². The van der Waals surface area contributed by atoms with Crippen molar-refractivity contribution < 1.29 is 32.9 Å². The van der Waals surface area contributed by atoms with Crippen molar-refractivity contribution in [2.24, 2.45) is 16.8 Å². The van der Waals surface area contributed by atoms with Gasteiger partial charge in [-0.25, -0.2) is 14.4 Å². The molecule has 3 aromatic heterocycles. The summed E-state index contributed by atoms with van der Waals surface area (Å²) in [5.74, 6) is -0.747. The molecule has 0 aliphatic carbocycles. The van der Waals surface area contributed by atoms with E-state index in [0.717, 1.165) is 65.2 Å². The molecule has 2 N–H and O–H groups in total. The van der Waals surface area contributed by atoms with Crippen LogP contribution in [0.1, 0.15) is 96.7 Å². The van der Waals surface area contributed by atoms with E-state index in [1.54, 1.807) is 19.2 Å². The second-order valence-electron chi connectivity index (χ2n) is 16.8. The molecule has 1 aliphatic rings. The minimum atomic E-state index is -1.28. The molecule has 0 spiro atoms. The molecule has 65 heavy (non-hydrogen) atoms. The summed E-state index contributed by atoms with van der Waals surface area (Å²) in [6.07, 6.45) is -1.28. The molecule has 3 atom stereocenters. The second kappa shape index (κ2) is 19.3. The van der Waals surface area contributed by atoms with Crippen LogP contribution in [0.5, 0.6) is 5.75 Å². The number of aliphatic imine (C=N–C) groups is 1. The normalized spacial score (nSPS) is 16.2. The minimum Gasteiger partial charge on any atom is -0.497 e. The number of H-pyrrole nitrogens is 1. The van der Waals surface area contributed by atoms with E-state index in [4.69, 9.17) is 28.0 Å². The monoisotopic (exact) mass is 884 g/mol. The Morgan fingerprint density at radius 1 is 0.769 bits per heavy atom. The van der Waals surface area contributed by atoms with Crippen LogP contribution in [0.4, 0.5) is 11.4 Å². The molecule has 0 saturated heterocycles. The van der Waals surface area contributed by atoms with Crippen molar-refractivity contribution >= 4 is 50.6 Å². The number of hydrogen-bond acceptors (Lipinski definition) is 12. The highest BCUT2D eigenvalue weighted by atomic mass is 16.6. The molecular formula is C52H60N4O9. The Hall–Kier alpha value is -6.44. The number of carbonyl (C=O) groups excluding carboxylic acids is 1. The number of allylic oxidation sites excluding steroid dienone is 1. The first kappa shape index (κ1) is 46.5. The molecule has 3 unspecified atom stereocenters. The Labute approximate surface area is 379 Å². The van der Waals surface area contributed by atoms with E-state index >= 15 is 0 Å². The molecule has 1 aliphatic heterocycles. The van der Waals surface area contributed by atoms with Crippen molar-refractivity contribution in [1.29, 1.82) is 0 Å². The number of rotatable bonds is 16. The lowest BCUT2D eigenvalue weighted by atomic mass is 9.84. The van der Waals surface area contributed by atoms with E-state index in [-0.39, 0.29) is 19.1 Å². The lowest BCUT2D eigenvalue weighted by molar-refractivity contribution is -0.132. The minimum absolute atomic E-state index is 0.0365. The lowest BCUT2D eigenvalue weighted by Gasteiger charge is -2.25. The number of nitrogens with zero attached hydrogens (tertiary/aromatic N) is 3. The van der Waals surface area contributed by atoms with Gasteiger partial charge in [-0.2, -0.15) is 0 Å². The Morgan fingerprint density at radius 3 is 1.80 bits per heavy atom. The highest BCUT2D eigenvalue weighted by Gasteiger charge is 2.39. The maximum atomic E-state index is 14.2. The number of aliphatic hydroxyl groups is 1. The van der Waals surface area contributed by atoms with Gasteiger partial charge >= 0.3 is 17.2 Å². The average molecular weight is 885 g/mol. The number of ether oxygens (including phenoxy) is 3. The average Bonchev–Trinajstić information content (AvgIpc) is 3.75. The number of esters is 1. The third-order valence-corrected chi connectivity index (χ3v) is 12.8. The number of anilines is 2. The summed E-state index contributed by atoms with van der Waals surface area (Å²) in [7, 11) is 1.63. The van der Waals surface area contributed by atoms with Gasteiger partial charge in [0, 0.05) is 88.9 Å². The molecule has 13 heteroatoms. The second-order valence-corrected chi connectivity index (χ2v) is 16.8. The Morgan fingerprint density at radius 2 is 1.29 bits per heavy atom. The zero-order valence-electron chi connectivity index (χ0n) is 39.3. The fourth-order valence-electron chi connectivity index (χ4n) is 9.49. The lowest BCUT2D eigenvalue weighted by Crippen LogP contribution is -2.31. The van der Waals surface area contributed by atoms with Crippen LogP contribution in [-0.2, 0) is 22.7 Å². The van der Waals surface area contributed by atoms with E-state index < -0.39 is 29.4 Å². The molecule has 0 bridgehead atoms. The van der Waals surface area contributed by atoms with E-state index in [9.17, 15) is 19.5 Å². The molecule has 3 aromatic carbocycles. The van der Waals surface area contributed by atoms with Crippen LogP contribution in [0.2, 0.25) is 0 Å². The number of aliphatic hydroxyl groups excluding tert-OH is 1. The van der Waals surface area contributed by atoms with Crippen LogP contribution < -0.4 is 25.8 Å². The molecule has 0 fully saturated rings. The summed E-state index contributed by atoms with van der Waals surface area (Å²) < 4.78 is 28.9. The topological polar surface area (TPSA) is 160 Å². The van der Waals surface area contributed by atoms with Crippen LogP contribution in [0.25, 0.3) is 27.5 Å². The number of aromatic amines is 1. The number of hydrogen-bond donors (Lipinski definition) is 2. The first-order valence-corrected chi connectivity index (χ1v) is 22.4. The zero-order valence-corrected chi connectivity index (χ0v) is 39.3. The number of carbonyl (C=O) groups is 1. The standard InChI is InChI=1S/C52H60N4O9/c1-12-55(13-2)36-16-18-41-39(24-36)34(22-43(57)64-41)26-62-51(59)46-30(7)49(53-32(46)9)48(45-28(5)20-38(61-11)21-29(45)6)50-31(8)47(33(10)54-50)52(60)63-27-35-23-44(58)65-42-19-17-37(25-40(35)42)56(14-3)15-4/h16-25,30,46,51,54,59H,12-15,26-27H2,1-11H3/b49-48-. The van der Waals surface area contributed by atoms with Gasteiger partial charge in [-0.1, -0.05) is 6.92 Å². The maximum Gasteiger partial charge on any atom is 0.340 e. The maximum absolute atomic E-state index is 14.2. The van der Waals surface area contributed by atoms with Crippen LogP contribution in [0.3, 0.4) is 0 Å². The first-order chi connectivity index (χ1) is 31.1. The van der Waals surface area contributed by atoms with Crippen molar-refractivity contribution in [3.8, 4) is 5.75 Å². The van der Waals surface area contributed by atoms with Crippen molar-refractivity contribution in [2.45, 2.75) is 88.7 Å². The zero-order chi connectivity index (χ0) is 46.9. The molecule has 4 heterocycles. The van der Waals surface area contributed by atoms with E-state index in [0.29, 0.717) is 67.4 Å². The molecule has 0 saturated carbocycles. The molecule has 0 radical (unpaired) electrons. The molecule has 13 nitrogen and oxygen atoms in total. The third kappa shape index (κ3) is 9.12. The van der Waals surface area contributed by atoms with Gasteiger partial charge in [0.15, 0.2) is 6.29 Å². The number of methoxy groups -OCH3 is 1. The predicted molar refractivity (Wildman–Crippen MR) is 257 cm³/mol. The summed E-state index contributed by atoms with van der Waals surface area (Å²) >= 11 is 0. The van der Waals surface area contributed by atoms with Crippen LogP contribution >= 0.6 is 0 Å². The van der Waals surface area contributed by atoms with Crippen LogP contribution in [-0.4, -0.2) is 61.4 Å². The Kier molecular flexibility index (Phi) is 13.9. The summed E-state index contributed by atoms with van der Waals surface area (Å²) in [6, 6.07) is 18.1. The summed E-state index contributed by atoms with van der Waals surface area (Å²) in [6.45, 7) is 23.0. The van der Waals surface area contributed by atoms with Gasteiger partial charge in [0.1, 0.15) is 23.5 Å². The first-order valence-electron chi connectivity index (χ1n) is 22.4. The smallest absolute Gasteiger partial charge is 0.340 e. The van der Waals surface area contributed by atoms with Crippen molar-refractivity contribution in [1.82, 2.24) is 4.98 Å². The molecule has 7 rings (SSSR count). The fraction of sp³-hybridized carbons (Fsp3) is 0.385. The fourth-order valence-corrected chi connectivity index (χ4v) is 9.49. The summed E-state index contributed by atoms with van der Waals surface area (Å²) in [4.78, 5) is 52.6. The number of benzene rings is 3. The predicted octanol–water partition coefficient (Wildman–Crippen LogP) is 9.54. The van der Waals surface area contributed by atoms with Crippen molar-refractivity contribution in [3.05, 3.63) is 138 Å². The van der Waals surface area contributed by atoms with E-state index in [2.05, 4.69) is 42.5 Å². The highest BCUT2D eigenvalue weighted by Crippen LogP contribution is 2.44. The Bertz CT molecular complexity index is 2930. The summed E-state index contributed by atoms with van der Waals surface area (Å²) in [5.41, 5.74) is 10.2. The van der Waals surface area contributed by atoms with E-state index in [1.165, 1.54) is 12.1 Å². The van der Waals surface area contributed by atoms with Gasteiger partial charge in [0.25, 0.3) is 0 Å². The number of aromatic nitrogens is 1. The van der Waals surface area contributed by atoms with Crippen molar-refractivity contribution in [3.63, 3.8) is 0 Å². The number of nitrogens with one attached hydrogen (secondary N) is 1. The van der Waals surface area contributed by atoms with Crippen molar-refractivity contribution in [2.75, 3.05) is 43.1 Å². The van der Waals surface area contributed by atoms with Gasteiger partial charge in [-0.05, 0) is 139 Å². The SMILES string of the molecule is CCN(CC)c1ccc2oc(=O)cc(COC(=O)c3c(C)[nH]c(/C(=C4\N=C(C)C(C(O)OCc5cc(=O)oc6ccc(N(CC)CC)cc56)C4C)c4c(C)cc(OC)cc4C)c3C)c2c1. The Balaban J connectivity index is 1.24.